The van der Waals surface area contributed by atoms with Crippen LogP contribution in [0.5, 0.6) is 5.75 Å². The second-order valence-corrected chi connectivity index (χ2v) is 7.91. The maximum atomic E-state index is 13.0. The number of hydrogen-bond acceptors (Lipinski definition) is 8. The second kappa shape index (κ2) is 8.91. The standard InChI is InChI=1S/C23H22N4O6/c1-13-2-9-20-18(10-13)19(25-30)11-23(27-32,33-20)22(29)24-12-14-3-5-15(6-4-14)16-7-8-17(16)21(28)26-31/h2-6,9-10,16-17,27,30-32H,11-12H2,1H3,(H,24,29)(H,26,28)/b25-19-. The van der Waals surface area contributed by atoms with E-state index < -0.39 is 23.5 Å². The number of aryl methyl sites for hydroxylation is 1. The third-order valence-electron chi connectivity index (χ3n) is 5.73. The van der Waals surface area contributed by atoms with Crippen LogP contribution < -0.4 is 21.0 Å². The average Bonchev–Trinajstić information content (AvgIpc) is 2.81. The van der Waals surface area contributed by atoms with Gasteiger partial charge in [0.25, 0.3) is 17.5 Å². The Morgan fingerprint density at radius 1 is 1.18 bits per heavy atom. The minimum Gasteiger partial charge on any atom is -0.460 e. The molecule has 0 aromatic heterocycles. The van der Waals surface area contributed by atoms with Crippen molar-refractivity contribution in [3.8, 4) is 17.6 Å². The topological polar surface area (TPSA) is 153 Å². The molecule has 0 saturated heterocycles. The predicted molar refractivity (Wildman–Crippen MR) is 115 cm³/mol. The zero-order valence-electron chi connectivity index (χ0n) is 17.6. The van der Waals surface area contributed by atoms with Gasteiger partial charge in [-0.05, 0) is 30.2 Å². The number of amides is 2. The van der Waals surface area contributed by atoms with Gasteiger partial charge in [0.2, 0.25) is 0 Å². The molecule has 2 aromatic rings. The molecule has 6 N–H and O–H groups in total. The van der Waals surface area contributed by atoms with E-state index in [1.807, 2.05) is 12.4 Å². The van der Waals surface area contributed by atoms with Crippen LogP contribution in [0, 0.1) is 24.7 Å². The van der Waals surface area contributed by atoms with Gasteiger partial charge in [0, 0.05) is 12.1 Å². The van der Waals surface area contributed by atoms with Crippen molar-refractivity contribution in [3.63, 3.8) is 0 Å². The molecule has 3 unspecified atom stereocenters. The molecular weight excluding hydrogens is 428 g/mol. The lowest BCUT2D eigenvalue weighted by Gasteiger charge is -2.36. The maximum Gasteiger partial charge on any atom is 0.282 e. The smallest absolute Gasteiger partial charge is 0.282 e. The largest absolute Gasteiger partial charge is 0.460 e. The number of fused-ring (bicyclic) bond motifs is 1. The molecule has 2 amide bonds. The summed E-state index contributed by atoms with van der Waals surface area (Å²) < 4.78 is 5.79. The van der Waals surface area contributed by atoms with Crippen LogP contribution in [-0.2, 0) is 16.1 Å². The fourth-order valence-electron chi connectivity index (χ4n) is 3.82. The fourth-order valence-corrected chi connectivity index (χ4v) is 3.82. The van der Waals surface area contributed by atoms with Crippen LogP contribution in [0.1, 0.15) is 34.6 Å². The summed E-state index contributed by atoms with van der Waals surface area (Å²) in [5.74, 6) is 3.80. The highest BCUT2D eigenvalue weighted by molar-refractivity contribution is 6.07. The Hall–Kier alpha value is -3.91. The number of carbonyl (C=O) groups excluding carboxylic acids is 2. The highest BCUT2D eigenvalue weighted by Crippen LogP contribution is 2.33. The van der Waals surface area contributed by atoms with Gasteiger partial charge in [-0.1, -0.05) is 52.9 Å². The zero-order valence-corrected chi connectivity index (χ0v) is 17.6. The molecule has 1 heterocycles. The molecule has 1 aliphatic heterocycles. The van der Waals surface area contributed by atoms with Crippen LogP contribution in [0.15, 0.2) is 47.6 Å². The van der Waals surface area contributed by atoms with E-state index in [1.54, 1.807) is 47.9 Å². The van der Waals surface area contributed by atoms with Crippen LogP contribution in [0.2, 0.25) is 0 Å². The van der Waals surface area contributed by atoms with Crippen molar-refractivity contribution < 1.29 is 29.9 Å². The maximum absolute atomic E-state index is 13.0. The van der Waals surface area contributed by atoms with E-state index in [1.165, 1.54) is 0 Å². The first kappa shape index (κ1) is 22.3. The van der Waals surface area contributed by atoms with Crippen LogP contribution in [0.3, 0.4) is 0 Å². The van der Waals surface area contributed by atoms with Crippen molar-refractivity contribution in [1.29, 1.82) is 0 Å². The van der Waals surface area contributed by atoms with Crippen molar-refractivity contribution in [2.75, 3.05) is 0 Å². The van der Waals surface area contributed by atoms with Gasteiger partial charge in [0.15, 0.2) is 0 Å². The molecule has 0 saturated carbocycles. The molecule has 0 bridgehead atoms. The fraction of sp³-hybridized carbons (Fsp3) is 0.261. The van der Waals surface area contributed by atoms with E-state index in [9.17, 15) is 20.0 Å². The molecule has 33 heavy (non-hydrogen) atoms. The summed E-state index contributed by atoms with van der Waals surface area (Å²) in [6.07, 6.45) is -0.199. The van der Waals surface area contributed by atoms with Gasteiger partial charge in [-0.25, -0.2) is 5.48 Å². The minimum absolute atomic E-state index is 0.134. The number of ether oxygens (including phenoxy) is 1. The van der Waals surface area contributed by atoms with Gasteiger partial charge in [0.1, 0.15) is 11.7 Å². The second-order valence-electron chi connectivity index (χ2n) is 7.91. The van der Waals surface area contributed by atoms with E-state index in [0.29, 0.717) is 11.3 Å². The third kappa shape index (κ3) is 4.12. The van der Waals surface area contributed by atoms with E-state index in [-0.39, 0.29) is 24.6 Å². The Morgan fingerprint density at radius 2 is 1.94 bits per heavy atom. The van der Waals surface area contributed by atoms with E-state index in [0.717, 1.165) is 16.7 Å². The number of rotatable bonds is 6. The summed E-state index contributed by atoms with van der Waals surface area (Å²) in [5, 5.41) is 34.0. The minimum atomic E-state index is -1.86. The summed E-state index contributed by atoms with van der Waals surface area (Å²) in [5.41, 5.74) is 4.93. The first-order valence-corrected chi connectivity index (χ1v) is 10.1. The molecule has 170 valence electrons. The normalized spacial score (nSPS) is 23.9. The molecule has 0 spiro atoms. The molecule has 3 atom stereocenters. The van der Waals surface area contributed by atoms with Crippen molar-refractivity contribution in [2.45, 2.75) is 31.5 Å². The number of benzene rings is 2. The monoisotopic (exact) mass is 450 g/mol. The average molecular weight is 450 g/mol. The molecule has 2 aliphatic rings. The SMILES string of the molecule is Cc1ccc2c(c1)/C(=N\O)CC(NO)(C(=O)NCc1ccc(C3C#CC3C(=O)NO)cc1)O2. The van der Waals surface area contributed by atoms with Gasteiger partial charge < -0.3 is 20.5 Å². The number of nitrogens with zero attached hydrogens (tertiary/aromatic N) is 1. The molecular formula is C23H22N4O6. The van der Waals surface area contributed by atoms with Crippen LogP contribution >= 0.6 is 0 Å². The first-order chi connectivity index (χ1) is 15.9. The Morgan fingerprint density at radius 3 is 2.55 bits per heavy atom. The molecule has 10 heteroatoms. The van der Waals surface area contributed by atoms with Gasteiger partial charge >= 0.3 is 0 Å². The van der Waals surface area contributed by atoms with Crippen molar-refractivity contribution in [3.05, 3.63) is 64.7 Å². The lowest BCUT2D eigenvalue weighted by molar-refractivity contribution is -0.152. The predicted octanol–water partition coefficient (Wildman–Crippen LogP) is 1.17. The summed E-state index contributed by atoms with van der Waals surface area (Å²) in [6, 6.07) is 12.3. The highest BCUT2D eigenvalue weighted by Gasteiger charge is 2.46. The third-order valence-corrected chi connectivity index (χ3v) is 5.73. The quantitative estimate of drug-likeness (QED) is 0.167. The molecule has 1 aliphatic carbocycles. The summed E-state index contributed by atoms with van der Waals surface area (Å²) in [4.78, 5) is 24.6. The van der Waals surface area contributed by atoms with Gasteiger partial charge in [-0.2, -0.15) is 5.48 Å². The van der Waals surface area contributed by atoms with Crippen LogP contribution in [0.4, 0.5) is 0 Å². The number of oxime groups is 1. The van der Waals surface area contributed by atoms with Gasteiger partial charge in [-0.15, -0.1) is 0 Å². The van der Waals surface area contributed by atoms with Crippen LogP contribution in [-0.4, -0.2) is 38.9 Å². The van der Waals surface area contributed by atoms with E-state index in [2.05, 4.69) is 22.3 Å². The Kier molecular flexibility index (Phi) is 6.02. The van der Waals surface area contributed by atoms with Gasteiger partial charge in [0.05, 0.1) is 18.1 Å². The first-order valence-electron chi connectivity index (χ1n) is 10.1. The molecule has 0 radical (unpaired) electrons. The molecule has 4 rings (SSSR count). The molecule has 10 nitrogen and oxygen atoms in total. The summed E-state index contributed by atoms with van der Waals surface area (Å²) in [7, 11) is 0. The number of carbonyl (C=O) groups is 2. The van der Waals surface area contributed by atoms with Crippen molar-refractivity contribution >= 4 is 17.5 Å². The lowest BCUT2D eigenvalue weighted by atomic mass is 9.79. The van der Waals surface area contributed by atoms with Crippen molar-refractivity contribution in [2.24, 2.45) is 11.1 Å². The highest BCUT2D eigenvalue weighted by atomic mass is 16.6. The summed E-state index contributed by atoms with van der Waals surface area (Å²) >= 11 is 0. The van der Waals surface area contributed by atoms with E-state index in [4.69, 9.17) is 9.94 Å². The van der Waals surface area contributed by atoms with Crippen LogP contribution in [0.25, 0.3) is 0 Å². The zero-order chi connectivity index (χ0) is 23.6. The number of hydroxylamine groups is 2. The Balaban J connectivity index is 1.44. The van der Waals surface area contributed by atoms with E-state index >= 15 is 0 Å². The molecule has 2 aromatic carbocycles. The molecule has 0 fully saturated rings. The number of nitrogens with one attached hydrogen (secondary N) is 3. The van der Waals surface area contributed by atoms with Crippen molar-refractivity contribution in [1.82, 2.24) is 16.3 Å². The Bertz CT molecular complexity index is 1180. The number of hydrogen-bond donors (Lipinski definition) is 6. The van der Waals surface area contributed by atoms with Gasteiger partial charge in [-0.3, -0.25) is 14.8 Å². The Labute approximate surface area is 189 Å². The lowest BCUT2D eigenvalue weighted by Crippen LogP contribution is -2.62. The summed E-state index contributed by atoms with van der Waals surface area (Å²) in [6.45, 7) is 2.01.